The molecule has 2 aliphatic heterocycles. The highest BCUT2D eigenvalue weighted by atomic mass is 32.2. The highest BCUT2D eigenvalue weighted by molar-refractivity contribution is 8.01. The number of ether oxygens (including phenoxy) is 1. The summed E-state index contributed by atoms with van der Waals surface area (Å²) in [6, 6.07) is 0. The molecule has 202 valence electrons. The highest BCUT2D eigenvalue weighted by Crippen LogP contribution is 2.59. The number of hydrogen-bond acceptors (Lipinski definition) is 4. The molecular weight excluding hydrogens is 496 g/mol. The second-order valence-electron chi connectivity index (χ2n) is 12.0. The summed E-state index contributed by atoms with van der Waals surface area (Å²) in [5.74, 6) is 0.922. The van der Waals surface area contributed by atoms with Gasteiger partial charge in [0, 0.05) is 22.7 Å². The lowest BCUT2D eigenvalue weighted by molar-refractivity contribution is 0.242. The fourth-order valence-corrected chi connectivity index (χ4v) is 8.41. The molecule has 0 aliphatic carbocycles. The van der Waals surface area contributed by atoms with Crippen LogP contribution in [0.5, 0.6) is 5.75 Å². The average Bonchev–Trinajstić information content (AvgIpc) is 3.20. The molecule has 0 amide bonds. The molecule has 1 unspecified atom stereocenters. The van der Waals surface area contributed by atoms with Crippen LogP contribution in [0.25, 0.3) is 21.5 Å². The first kappa shape index (κ1) is 26.3. The van der Waals surface area contributed by atoms with E-state index >= 15 is 0 Å². The average molecular weight is 537 g/mol. The van der Waals surface area contributed by atoms with Crippen LogP contribution in [-0.2, 0) is 0 Å². The maximum atomic E-state index is 7.32. The number of nitrogens with zero attached hydrogens (tertiary/aromatic N) is 2. The van der Waals surface area contributed by atoms with Crippen molar-refractivity contribution in [1.82, 2.24) is 0 Å². The molecule has 0 saturated heterocycles. The minimum absolute atomic E-state index is 0.729. The van der Waals surface area contributed by atoms with Gasteiger partial charge in [0.15, 0.2) is 5.75 Å². The summed E-state index contributed by atoms with van der Waals surface area (Å²) in [6.07, 6.45) is 2.06. The molecule has 1 atom stereocenters. The highest BCUT2D eigenvalue weighted by Gasteiger charge is 2.49. The first-order valence-electron chi connectivity index (χ1n) is 14.0. The Bertz CT molecular complexity index is 1850. The number of hydrogen-bond donors (Lipinski definition) is 0. The quantitative estimate of drug-likeness (QED) is 0.209. The Morgan fingerprint density at radius 1 is 0.564 bits per heavy atom. The van der Waals surface area contributed by atoms with Gasteiger partial charge < -0.3 is 9.64 Å². The molecule has 2 aliphatic rings. The van der Waals surface area contributed by atoms with E-state index in [2.05, 4.69) is 101 Å². The Morgan fingerprint density at radius 2 is 1.00 bits per heavy atom. The summed E-state index contributed by atoms with van der Waals surface area (Å²) >= 11 is 1.79. The number of aryl methyl sites for hydroxylation is 4. The van der Waals surface area contributed by atoms with Gasteiger partial charge in [-0.2, -0.15) is 0 Å². The van der Waals surface area contributed by atoms with Gasteiger partial charge in [0.2, 0.25) is 0 Å². The van der Waals surface area contributed by atoms with Gasteiger partial charge in [0.1, 0.15) is 5.69 Å². The second-order valence-corrected chi connectivity index (χ2v) is 13.2. The van der Waals surface area contributed by atoms with Crippen molar-refractivity contribution in [2.45, 2.75) is 93.0 Å². The molecule has 0 N–H and O–H groups in total. The van der Waals surface area contributed by atoms with Gasteiger partial charge in [0.25, 0.3) is 5.06 Å². The van der Waals surface area contributed by atoms with Gasteiger partial charge in [-0.15, -0.1) is 0 Å². The summed E-state index contributed by atoms with van der Waals surface area (Å²) in [7, 11) is 2.16. The lowest BCUT2D eigenvalue weighted by atomic mass is 9.82. The van der Waals surface area contributed by atoms with E-state index in [1.54, 1.807) is 11.8 Å². The first-order chi connectivity index (χ1) is 18.2. The Kier molecular flexibility index (Phi) is 5.56. The zero-order valence-corrected chi connectivity index (χ0v) is 26.6. The van der Waals surface area contributed by atoms with Crippen molar-refractivity contribution in [3.63, 3.8) is 0 Å². The topological polar surface area (TPSA) is 24.8 Å². The van der Waals surface area contributed by atoms with E-state index in [4.69, 9.17) is 9.73 Å². The molecule has 4 heteroatoms. The van der Waals surface area contributed by atoms with Crippen molar-refractivity contribution in [3.8, 4) is 5.75 Å². The van der Waals surface area contributed by atoms with E-state index < -0.39 is 5.06 Å². The third-order valence-electron chi connectivity index (χ3n) is 10.6. The van der Waals surface area contributed by atoms with Gasteiger partial charge in [-0.05, 0) is 172 Å². The first-order valence-corrected chi connectivity index (χ1v) is 14.8. The third kappa shape index (κ3) is 3.10. The number of thioether (sulfide) groups is 1. The molecule has 0 aromatic heterocycles. The van der Waals surface area contributed by atoms with Gasteiger partial charge in [-0.25, -0.2) is 4.99 Å². The van der Waals surface area contributed by atoms with Crippen LogP contribution in [0.4, 0.5) is 11.4 Å². The van der Waals surface area contributed by atoms with Crippen molar-refractivity contribution in [1.29, 1.82) is 0 Å². The molecule has 0 radical (unpaired) electrons. The number of fused-ring (bicyclic) bond motifs is 7. The Hall–Kier alpha value is -2.98. The summed E-state index contributed by atoms with van der Waals surface area (Å²) in [4.78, 5) is 8.94. The van der Waals surface area contributed by atoms with Crippen molar-refractivity contribution >= 4 is 50.9 Å². The maximum absolute atomic E-state index is 7.32. The summed E-state index contributed by atoms with van der Waals surface area (Å²) in [6.45, 7) is 27.1. The molecule has 1 spiro atoms. The van der Waals surface area contributed by atoms with Gasteiger partial charge in [-0.3, -0.25) is 0 Å². The van der Waals surface area contributed by atoms with E-state index in [0.29, 0.717) is 0 Å². The van der Waals surface area contributed by atoms with Gasteiger partial charge >= 0.3 is 0 Å². The van der Waals surface area contributed by atoms with Crippen LogP contribution in [0.1, 0.15) is 66.8 Å². The van der Waals surface area contributed by atoms with Gasteiger partial charge in [0.05, 0.1) is 11.9 Å². The zero-order valence-electron chi connectivity index (χ0n) is 25.8. The number of benzene rings is 4. The zero-order chi connectivity index (χ0) is 28.5. The molecule has 0 saturated carbocycles. The maximum Gasteiger partial charge on any atom is 0.273 e. The SMILES string of the molecule is Cc1c(C)c(C)c2c(c1C)SC1(C=Nc3c(c4c(C)c(C)c(C)c(C)c4c4c(C)c(C)c(C)c(C)c34)O1)N2C. The smallest absolute Gasteiger partial charge is 0.273 e. The fraction of sp³-hybridized carbons (Fsp3) is 0.400. The van der Waals surface area contributed by atoms with Crippen LogP contribution in [0.15, 0.2) is 9.89 Å². The Balaban J connectivity index is 1.75. The van der Waals surface area contributed by atoms with Crippen LogP contribution >= 0.6 is 11.8 Å². The van der Waals surface area contributed by atoms with E-state index in [9.17, 15) is 0 Å². The molecule has 3 nitrogen and oxygen atoms in total. The summed E-state index contributed by atoms with van der Waals surface area (Å²) in [5.41, 5.74) is 18.3. The van der Waals surface area contributed by atoms with E-state index in [-0.39, 0.29) is 0 Å². The largest absolute Gasteiger partial charge is 0.450 e. The standard InChI is InChI=1S/C35H40N2OS/c1-15-17(3)23(9)29-27(21(15)7)28-22(8)16(2)18(4)24(10)30(28)33-31(29)36-14-35(38-33)37(13)32-25(11)19(5)20(6)26(12)34(32)39-35/h14H,1-13H3. The molecule has 0 fully saturated rings. The molecular formula is C35H40N2OS. The van der Waals surface area contributed by atoms with Crippen LogP contribution < -0.4 is 9.64 Å². The molecule has 39 heavy (non-hydrogen) atoms. The van der Waals surface area contributed by atoms with Gasteiger partial charge in [-0.1, -0.05) is 0 Å². The Labute approximate surface area is 237 Å². The van der Waals surface area contributed by atoms with Crippen LogP contribution in [-0.4, -0.2) is 18.3 Å². The van der Waals surface area contributed by atoms with E-state index in [1.165, 1.54) is 98.9 Å². The van der Waals surface area contributed by atoms with Crippen molar-refractivity contribution in [2.24, 2.45) is 4.99 Å². The third-order valence-corrected chi connectivity index (χ3v) is 12.0. The predicted octanol–water partition coefficient (Wildman–Crippen LogP) is 9.68. The normalized spacial score (nSPS) is 17.9. The van der Waals surface area contributed by atoms with E-state index in [0.717, 1.165) is 11.4 Å². The Morgan fingerprint density at radius 3 is 1.56 bits per heavy atom. The lowest BCUT2D eigenvalue weighted by Crippen LogP contribution is -2.48. The summed E-state index contributed by atoms with van der Waals surface area (Å²) in [5, 5.41) is 4.37. The monoisotopic (exact) mass is 536 g/mol. The molecule has 4 aromatic carbocycles. The molecule has 0 bridgehead atoms. The second kappa shape index (κ2) is 8.27. The van der Waals surface area contributed by atoms with E-state index in [1.807, 2.05) is 0 Å². The minimum atomic E-state index is -0.729. The van der Waals surface area contributed by atoms with Crippen molar-refractivity contribution in [3.05, 3.63) is 66.8 Å². The van der Waals surface area contributed by atoms with Crippen LogP contribution in [0, 0.1) is 83.1 Å². The van der Waals surface area contributed by atoms with Crippen LogP contribution in [0.3, 0.4) is 0 Å². The lowest BCUT2D eigenvalue weighted by Gasteiger charge is -2.38. The minimum Gasteiger partial charge on any atom is -0.450 e. The van der Waals surface area contributed by atoms with Crippen molar-refractivity contribution < 1.29 is 4.74 Å². The van der Waals surface area contributed by atoms with Crippen molar-refractivity contribution in [2.75, 3.05) is 11.9 Å². The number of aliphatic imine (C=N–C) groups is 1. The number of rotatable bonds is 0. The fourth-order valence-electron chi connectivity index (χ4n) is 6.96. The summed E-state index contributed by atoms with van der Waals surface area (Å²) < 4.78 is 7.32. The molecule has 2 heterocycles. The number of anilines is 1. The molecule has 4 aromatic rings. The molecule has 6 rings (SSSR count). The van der Waals surface area contributed by atoms with Crippen LogP contribution in [0.2, 0.25) is 0 Å². The predicted molar refractivity (Wildman–Crippen MR) is 171 cm³/mol.